The Morgan fingerprint density at radius 1 is 1.50 bits per heavy atom. The van der Waals surface area contributed by atoms with E-state index in [1.807, 2.05) is 4.98 Å². The van der Waals surface area contributed by atoms with E-state index in [2.05, 4.69) is 5.14 Å². The van der Waals surface area contributed by atoms with Crippen LogP contribution < -0.4 is 10.6 Å². The zero-order valence-corrected chi connectivity index (χ0v) is 8.38. The van der Waals surface area contributed by atoms with E-state index in [9.17, 15) is 22.0 Å². The largest absolute Gasteiger partial charge is 0.336 e. The Labute approximate surface area is 88.4 Å². The number of aromatic amines is 1. The van der Waals surface area contributed by atoms with E-state index in [-0.39, 0.29) is 0 Å². The number of sulfonamides is 1. The number of hydrogen-bond donors (Lipinski definition) is 2. The molecule has 1 aromatic heterocycles. The third-order valence-corrected chi connectivity index (χ3v) is 2.51. The molecule has 0 saturated heterocycles. The number of halogens is 2. The van der Waals surface area contributed by atoms with Gasteiger partial charge in [0.1, 0.15) is 11.8 Å². The fourth-order valence-electron chi connectivity index (χ4n) is 1.00. The number of nitrogens with zero attached hydrogens (tertiary/aromatic N) is 1. The molecule has 0 aromatic carbocycles. The van der Waals surface area contributed by atoms with E-state index in [1.165, 1.54) is 6.07 Å². The average molecular weight is 249 g/mol. The molecule has 0 spiro atoms. The van der Waals surface area contributed by atoms with Crippen molar-refractivity contribution in [1.82, 2.24) is 4.98 Å². The van der Waals surface area contributed by atoms with Crippen molar-refractivity contribution in [3.63, 3.8) is 0 Å². The summed E-state index contributed by atoms with van der Waals surface area (Å²) in [4.78, 5) is 13.0. The van der Waals surface area contributed by atoms with Gasteiger partial charge in [-0.05, 0) is 0 Å². The molecule has 0 aliphatic rings. The van der Waals surface area contributed by atoms with Crippen molar-refractivity contribution in [2.24, 2.45) is 5.14 Å². The minimum atomic E-state index is -4.25. The van der Waals surface area contributed by atoms with Crippen molar-refractivity contribution >= 4 is 10.0 Å². The first-order valence-corrected chi connectivity index (χ1v) is 5.30. The lowest BCUT2D eigenvalue weighted by Gasteiger charge is -2.04. The summed E-state index contributed by atoms with van der Waals surface area (Å²) < 4.78 is 46.4. The molecule has 0 fully saturated rings. The van der Waals surface area contributed by atoms with Crippen molar-refractivity contribution in [1.29, 1.82) is 5.26 Å². The molecular formula is C7H5F2N3O3S. The van der Waals surface area contributed by atoms with Gasteiger partial charge in [0.2, 0.25) is 0 Å². The van der Waals surface area contributed by atoms with Crippen molar-refractivity contribution in [3.05, 3.63) is 27.5 Å². The fourth-order valence-corrected chi connectivity index (χ4v) is 1.52. The topological polar surface area (TPSA) is 117 Å². The predicted octanol–water partition coefficient (Wildman–Crippen LogP) is -0.168. The van der Waals surface area contributed by atoms with Gasteiger partial charge in [-0.2, -0.15) is 5.26 Å². The summed E-state index contributed by atoms with van der Waals surface area (Å²) in [5, 5.41) is 12.4. The Morgan fingerprint density at radius 2 is 2.06 bits per heavy atom. The van der Waals surface area contributed by atoms with Gasteiger partial charge in [0, 0.05) is 6.07 Å². The van der Waals surface area contributed by atoms with Crippen LogP contribution in [-0.2, 0) is 10.0 Å². The summed E-state index contributed by atoms with van der Waals surface area (Å²) >= 11 is 0. The van der Waals surface area contributed by atoms with Crippen molar-refractivity contribution in [2.45, 2.75) is 11.5 Å². The normalized spacial score (nSPS) is 11.4. The average Bonchev–Trinajstić information content (AvgIpc) is 2.14. The number of pyridine rings is 1. The van der Waals surface area contributed by atoms with E-state index in [0.717, 1.165) is 0 Å². The third-order valence-electron chi connectivity index (χ3n) is 1.68. The molecule has 3 N–H and O–H groups in total. The van der Waals surface area contributed by atoms with E-state index in [1.54, 1.807) is 0 Å². The fraction of sp³-hybridized carbons (Fsp3) is 0.143. The summed E-state index contributed by atoms with van der Waals surface area (Å²) in [5.74, 6) is 0. The van der Waals surface area contributed by atoms with E-state index < -0.39 is 38.2 Å². The minimum Gasteiger partial charge on any atom is -0.336 e. The monoisotopic (exact) mass is 249 g/mol. The van der Waals surface area contributed by atoms with Crippen molar-refractivity contribution in [2.75, 3.05) is 0 Å². The van der Waals surface area contributed by atoms with Gasteiger partial charge in [0.15, 0.2) is 10.5 Å². The standard InChI is InChI=1S/C7H5F2N3O3S/c8-7(9)6-3(2-10)12-5(1-4(6)13)16(11,14)15/h1,7H,(H,12,13)(H2,11,14,15). The van der Waals surface area contributed by atoms with Crippen LogP contribution in [0.15, 0.2) is 15.9 Å². The SMILES string of the molecule is N#Cc1[nH]c(S(N)(=O)=O)cc(=O)c1C(F)F. The van der Waals surface area contributed by atoms with Crippen LogP contribution in [0.3, 0.4) is 0 Å². The zero-order chi connectivity index (χ0) is 12.5. The first kappa shape index (κ1) is 12.3. The summed E-state index contributed by atoms with van der Waals surface area (Å²) in [5.41, 5.74) is -3.14. The number of nitriles is 1. The molecule has 1 heterocycles. The molecule has 0 radical (unpaired) electrons. The van der Waals surface area contributed by atoms with Gasteiger partial charge in [-0.15, -0.1) is 0 Å². The van der Waals surface area contributed by atoms with Crippen LogP contribution in [0, 0.1) is 11.3 Å². The lowest BCUT2D eigenvalue weighted by atomic mass is 10.2. The summed E-state index contributed by atoms with van der Waals surface area (Å²) in [6, 6.07) is 1.69. The molecule has 0 saturated carbocycles. The van der Waals surface area contributed by atoms with Crippen molar-refractivity contribution < 1.29 is 17.2 Å². The molecule has 1 aromatic rings. The number of nitrogens with one attached hydrogen (secondary N) is 1. The molecule has 0 aliphatic carbocycles. The molecule has 16 heavy (non-hydrogen) atoms. The first-order chi connectivity index (χ1) is 7.27. The van der Waals surface area contributed by atoms with Crippen LogP contribution in [-0.4, -0.2) is 13.4 Å². The molecular weight excluding hydrogens is 244 g/mol. The van der Waals surface area contributed by atoms with E-state index in [0.29, 0.717) is 6.07 Å². The summed E-state index contributed by atoms with van der Waals surface area (Å²) in [6.45, 7) is 0. The highest BCUT2D eigenvalue weighted by Gasteiger charge is 2.21. The molecule has 0 unspecified atom stereocenters. The lowest BCUT2D eigenvalue weighted by molar-refractivity contribution is 0.149. The second kappa shape index (κ2) is 3.99. The maximum atomic E-state index is 12.4. The number of alkyl halides is 2. The van der Waals surface area contributed by atoms with Crippen LogP contribution in [0.1, 0.15) is 17.7 Å². The Hall–Kier alpha value is -1.79. The Balaban J connectivity index is 3.66. The Kier molecular flexibility index (Phi) is 3.06. The van der Waals surface area contributed by atoms with Crippen LogP contribution >= 0.6 is 0 Å². The van der Waals surface area contributed by atoms with Gasteiger partial charge in [-0.3, -0.25) is 4.79 Å². The van der Waals surface area contributed by atoms with Gasteiger partial charge in [0.05, 0.1) is 5.56 Å². The lowest BCUT2D eigenvalue weighted by Crippen LogP contribution is -2.21. The molecule has 6 nitrogen and oxygen atoms in total. The molecule has 9 heteroatoms. The molecule has 1 rings (SSSR count). The smallest absolute Gasteiger partial charge is 0.270 e. The first-order valence-electron chi connectivity index (χ1n) is 3.75. The van der Waals surface area contributed by atoms with Gasteiger partial charge < -0.3 is 4.98 Å². The maximum Gasteiger partial charge on any atom is 0.270 e. The van der Waals surface area contributed by atoms with Crippen LogP contribution in [0.4, 0.5) is 8.78 Å². The van der Waals surface area contributed by atoms with Gasteiger partial charge in [-0.25, -0.2) is 22.3 Å². The quantitative estimate of drug-likeness (QED) is 0.756. The van der Waals surface area contributed by atoms with Gasteiger partial charge >= 0.3 is 0 Å². The maximum absolute atomic E-state index is 12.4. The minimum absolute atomic E-state index is 0.414. The Bertz CT molecular complexity index is 615. The second-order valence-corrected chi connectivity index (χ2v) is 4.27. The summed E-state index contributed by atoms with van der Waals surface area (Å²) in [7, 11) is -4.25. The third kappa shape index (κ3) is 2.23. The number of rotatable bonds is 2. The number of H-pyrrole nitrogens is 1. The molecule has 0 atom stereocenters. The molecule has 0 amide bonds. The van der Waals surface area contributed by atoms with Crippen LogP contribution in [0.5, 0.6) is 0 Å². The second-order valence-electron chi connectivity index (χ2n) is 2.74. The van der Waals surface area contributed by atoms with Crippen molar-refractivity contribution in [3.8, 4) is 6.07 Å². The molecule has 86 valence electrons. The number of hydrogen-bond acceptors (Lipinski definition) is 4. The number of primary sulfonamides is 1. The van der Waals surface area contributed by atoms with E-state index >= 15 is 0 Å². The highest BCUT2D eigenvalue weighted by Crippen LogP contribution is 2.18. The summed E-state index contributed by atoms with van der Waals surface area (Å²) in [6.07, 6.45) is -3.17. The van der Waals surface area contributed by atoms with E-state index in [4.69, 9.17) is 5.26 Å². The molecule has 0 bridgehead atoms. The highest BCUT2D eigenvalue weighted by atomic mass is 32.2. The highest BCUT2D eigenvalue weighted by molar-refractivity contribution is 7.89. The number of nitrogens with two attached hydrogens (primary N) is 1. The molecule has 0 aliphatic heterocycles. The Morgan fingerprint density at radius 3 is 2.44 bits per heavy atom. The number of aromatic nitrogens is 1. The van der Waals surface area contributed by atoms with Gasteiger partial charge in [-0.1, -0.05) is 0 Å². The zero-order valence-electron chi connectivity index (χ0n) is 7.57. The predicted molar refractivity (Wildman–Crippen MR) is 48.1 cm³/mol. The van der Waals surface area contributed by atoms with Crippen LogP contribution in [0.2, 0.25) is 0 Å². The van der Waals surface area contributed by atoms with Gasteiger partial charge in [0.25, 0.3) is 16.4 Å². The van der Waals surface area contributed by atoms with Crippen LogP contribution in [0.25, 0.3) is 0 Å².